The van der Waals surface area contributed by atoms with Crippen molar-refractivity contribution in [2.24, 2.45) is 0 Å². The summed E-state index contributed by atoms with van der Waals surface area (Å²) in [5.41, 5.74) is 7.05. The lowest BCUT2D eigenvalue weighted by Crippen LogP contribution is -2.40. The maximum absolute atomic E-state index is 13.1. The van der Waals surface area contributed by atoms with E-state index in [0.29, 0.717) is 12.1 Å². The van der Waals surface area contributed by atoms with E-state index in [0.717, 1.165) is 18.5 Å². The summed E-state index contributed by atoms with van der Waals surface area (Å²) in [5, 5.41) is 3.34. The Morgan fingerprint density at radius 1 is 1.28 bits per heavy atom. The zero-order valence-electron chi connectivity index (χ0n) is 10.6. The third-order valence-corrected chi connectivity index (χ3v) is 3.10. The number of rotatable bonds is 4. The van der Waals surface area contributed by atoms with Gasteiger partial charge in [0.25, 0.3) is 0 Å². The Morgan fingerprint density at radius 2 is 2.06 bits per heavy atom. The minimum absolute atomic E-state index is 0.0269. The van der Waals surface area contributed by atoms with Crippen LogP contribution in [0.5, 0.6) is 0 Å². The molecule has 18 heavy (non-hydrogen) atoms. The number of hydrazine groups is 1. The van der Waals surface area contributed by atoms with Crippen molar-refractivity contribution in [2.45, 2.75) is 38.4 Å². The van der Waals surface area contributed by atoms with Gasteiger partial charge in [0, 0.05) is 24.7 Å². The zero-order valence-corrected chi connectivity index (χ0v) is 10.6. The molecular formula is C13H19F2N3. The number of hydrogen-bond donors (Lipinski definition) is 3. The summed E-state index contributed by atoms with van der Waals surface area (Å²) in [7, 11) is 0. The van der Waals surface area contributed by atoms with E-state index < -0.39 is 11.6 Å². The molecule has 3 N–H and O–H groups in total. The summed E-state index contributed by atoms with van der Waals surface area (Å²) < 4.78 is 26.0. The SMILES string of the molecule is CC(C)NCC1CC(c2ccc(F)c(F)c2)NN1. The van der Waals surface area contributed by atoms with E-state index in [4.69, 9.17) is 0 Å². The molecule has 100 valence electrons. The van der Waals surface area contributed by atoms with Crippen LogP contribution in [0.1, 0.15) is 31.9 Å². The maximum Gasteiger partial charge on any atom is 0.159 e. The summed E-state index contributed by atoms with van der Waals surface area (Å²) in [6, 6.07) is 4.81. The Bertz CT molecular complexity index is 409. The van der Waals surface area contributed by atoms with Crippen LogP contribution in [0, 0.1) is 11.6 Å². The van der Waals surface area contributed by atoms with Crippen molar-refractivity contribution in [1.82, 2.24) is 16.2 Å². The summed E-state index contributed by atoms with van der Waals surface area (Å²) in [6.07, 6.45) is 0.852. The van der Waals surface area contributed by atoms with Crippen molar-refractivity contribution < 1.29 is 8.78 Å². The van der Waals surface area contributed by atoms with Gasteiger partial charge < -0.3 is 5.32 Å². The zero-order chi connectivity index (χ0) is 13.1. The fourth-order valence-corrected chi connectivity index (χ4v) is 2.08. The Hall–Kier alpha value is -1.04. The second kappa shape index (κ2) is 5.73. The first-order valence-electron chi connectivity index (χ1n) is 6.25. The van der Waals surface area contributed by atoms with Crippen molar-refractivity contribution in [3.63, 3.8) is 0 Å². The number of hydrogen-bond acceptors (Lipinski definition) is 3. The molecule has 1 aromatic carbocycles. The van der Waals surface area contributed by atoms with Crippen molar-refractivity contribution in [1.29, 1.82) is 0 Å². The summed E-state index contributed by atoms with van der Waals surface area (Å²) in [4.78, 5) is 0. The minimum atomic E-state index is -0.803. The molecule has 2 rings (SSSR count). The number of benzene rings is 1. The topological polar surface area (TPSA) is 36.1 Å². The Balaban J connectivity index is 1.93. The quantitative estimate of drug-likeness (QED) is 0.768. The van der Waals surface area contributed by atoms with Crippen molar-refractivity contribution in [2.75, 3.05) is 6.54 Å². The van der Waals surface area contributed by atoms with Crippen LogP contribution < -0.4 is 16.2 Å². The molecule has 5 heteroatoms. The molecule has 2 atom stereocenters. The van der Waals surface area contributed by atoms with Gasteiger partial charge in [-0.25, -0.2) is 14.2 Å². The Morgan fingerprint density at radius 3 is 2.72 bits per heavy atom. The standard InChI is InChI=1S/C13H19F2N3/c1-8(2)16-7-10-6-13(18-17-10)9-3-4-11(14)12(15)5-9/h3-5,8,10,13,16-18H,6-7H2,1-2H3. The maximum atomic E-state index is 13.1. The van der Waals surface area contributed by atoms with E-state index >= 15 is 0 Å². The lowest BCUT2D eigenvalue weighted by Gasteiger charge is -2.13. The molecule has 0 aromatic heterocycles. The van der Waals surface area contributed by atoms with Crippen molar-refractivity contribution >= 4 is 0 Å². The van der Waals surface area contributed by atoms with Crippen LogP contribution in [-0.2, 0) is 0 Å². The molecule has 1 heterocycles. The fourth-order valence-electron chi connectivity index (χ4n) is 2.08. The van der Waals surface area contributed by atoms with E-state index in [-0.39, 0.29) is 6.04 Å². The van der Waals surface area contributed by atoms with E-state index in [2.05, 4.69) is 30.0 Å². The van der Waals surface area contributed by atoms with E-state index in [1.54, 1.807) is 6.07 Å². The normalized spacial score (nSPS) is 23.8. The molecule has 3 nitrogen and oxygen atoms in total. The first-order chi connectivity index (χ1) is 8.56. The number of nitrogens with one attached hydrogen (secondary N) is 3. The molecule has 0 spiro atoms. The average Bonchev–Trinajstić information content (AvgIpc) is 2.79. The van der Waals surface area contributed by atoms with Gasteiger partial charge in [-0.15, -0.1) is 0 Å². The molecular weight excluding hydrogens is 236 g/mol. The van der Waals surface area contributed by atoms with Crippen LogP contribution >= 0.6 is 0 Å². The van der Waals surface area contributed by atoms with Crippen molar-refractivity contribution in [3.8, 4) is 0 Å². The Kier molecular flexibility index (Phi) is 4.27. The molecule has 0 aliphatic carbocycles. The second-order valence-corrected chi connectivity index (χ2v) is 5.01. The van der Waals surface area contributed by atoms with Gasteiger partial charge in [-0.3, -0.25) is 5.43 Å². The van der Waals surface area contributed by atoms with Crippen LogP contribution in [-0.4, -0.2) is 18.6 Å². The van der Waals surface area contributed by atoms with Gasteiger partial charge in [-0.05, 0) is 24.1 Å². The molecule has 0 radical (unpaired) electrons. The van der Waals surface area contributed by atoms with E-state index in [1.807, 2.05) is 0 Å². The molecule has 1 fully saturated rings. The predicted molar refractivity (Wildman–Crippen MR) is 66.9 cm³/mol. The third-order valence-electron chi connectivity index (χ3n) is 3.10. The van der Waals surface area contributed by atoms with Gasteiger partial charge in [0.05, 0.1) is 0 Å². The summed E-state index contributed by atoms with van der Waals surface area (Å²) in [6.45, 7) is 5.04. The fraction of sp³-hybridized carbons (Fsp3) is 0.538. The average molecular weight is 255 g/mol. The van der Waals surface area contributed by atoms with Crippen LogP contribution in [0.25, 0.3) is 0 Å². The van der Waals surface area contributed by atoms with Gasteiger partial charge >= 0.3 is 0 Å². The highest BCUT2D eigenvalue weighted by Gasteiger charge is 2.25. The largest absolute Gasteiger partial charge is 0.313 e. The smallest absolute Gasteiger partial charge is 0.159 e. The molecule has 0 bridgehead atoms. The molecule has 1 aliphatic heterocycles. The molecule has 1 aromatic rings. The van der Waals surface area contributed by atoms with Gasteiger partial charge in [0.2, 0.25) is 0 Å². The highest BCUT2D eigenvalue weighted by atomic mass is 19.2. The Labute approximate surface area is 106 Å². The molecule has 0 amide bonds. The van der Waals surface area contributed by atoms with E-state index in [9.17, 15) is 8.78 Å². The highest BCUT2D eigenvalue weighted by molar-refractivity contribution is 5.22. The third kappa shape index (κ3) is 3.25. The van der Waals surface area contributed by atoms with Crippen LogP contribution in [0.2, 0.25) is 0 Å². The molecule has 1 saturated heterocycles. The predicted octanol–water partition coefficient (Wildman–Crippen LogP) is 1.87. The molecule has 0 saturated carbocycles. The van der Waals surface area contributed by atoms with Crippen molar-refractivity contribution in [3.05, 3.63) is 35.4 Å². The van der Waals surface area contributed by atoms with E-state index in [1.165, 1.54) is 12.1 Å². The lowest BCUT2D eigenvalue weighted by atomic mass is 10.0. The van der Waals surface area contributed by atoms with Gasteiger partial charge in [-0.1, -0.05) is 19.9 Å². The van der Waals surface area contributed by atoms with Crippen LogP contribution in [0.3, 0.4) is 0 Å². The monoisotopic (exact) mass is 255 g/mol. The minimum Gasteiger partial charge on any atom is -0.313 e. The highest BCUT2D eigenvalue weighted by Crippen LogP contribution is 2.23. The summed E-state index contributed by atoms with van der Waals surface area (Å²) >= 11 is 0. The van der Waals surface area contributed by atoms with Crippen LogP contribution in [0.4, 0.5) is 8.78 Å². The van der Waals surface area contributed by atoms with Gasteiger partial charge in [-0.2, -0.15) is 0 Å². The van der Waals surface area contributed by atoms with Crippen LogP contribution in [0.15, 0.2) is 18.2 Å². The second-order valence-electron chi connectivity index (χ2n) is 5.01. The first kappa shape index (κ1) is 13.4. The molecule has 2 unspecified atom stereocenters. The first-order valence-corrected chi connectivity index (χ1v) is 6.25. The molecule has 1 aliphatic rings. The number of halogens is 2. The lowest BCUT2D eigenvalue weighted by molar-refractivity contribution is 0.478. The van der Waals surface area contributed by atoms with Gasteiger partial charge in [0.1, 0.15) is 0 Å². The van der Waals surface area contributed by atoms with Gasteiger partial charge in [0.15, 0.2) is 11.6 Å². The summed E-state index contributed by atoms with van der Waals surface area (Å²) in [5.74, 6) is -1.60.